The number of aryl methyl sites for hydroxylation is 1. The lowest BCUT2D eigenvalue weighted by Gasteiger charge is -2.34. The van der Waals surface area contributed by atoms with Crippen LogP contribution >= 0.6 is 0 Å². The third kappa shape index (κ3) is 5.21. The first kappa shape index (κ1) is 20.1. The molecule has 0 amide bonds. The van der Waals surface area contributed by atoms with Crippen molar-refractivity contribution in [3.63, 3.8) is 0 Å². The highest BCUT2D eigenvalue weighted by atomic mass is 19.1. The van der Waals surface area contributed by atoms with Gasteiger partial charge in [-0.05, 0) is 60.3 Å². The molecule has 1 saturated carbocycles. The third-order valence-electron chi connectivity index (χ3n) is 6.34. The summed E-state index contributed by atoms with van der Waals surface area (Å²) < 4.78 is 15.5. The van der Waals surface area contributed by atoms with Gasteiger partial charge in [-0.3, -0.25) is 0 Å². The first-order valence-corrected chi connectivity index (χ1v) is 11.0. The molecule has 1 aliphatic carbocycles. The second kappa shape index (κ2) is 9.53. The summed E-state index contributed by atoms with van der Waals surface area (Å²) >= 11 is 0. The van der Waals surface area contributed by atoms with Gasteiger partial charge in [0, 0.05) is 0 Å². The maximum atomic E-state index is 15.5. The molecule has 27 heavy (non-hydrogen) atoms. The number of benzene rings is 2. The van der Waals surface area contributed by atoms with E-state index in [1.54, 1.807) is 0 Å². The largest absolute Gasteiger partial charge is 0.239 e. The number of rotatable bonds is 8. The first-order valence-electron chi connectivity index (χ1n) is 11.0. The first-order chi connectivity index (χ1) is 13.1. The molecule has 0 N–H and O–H groups in total. The summed E-state index contributed by atoms with van der Waals surface area (Å²) in [6.07, 6.45) is 11.0. The summed E-state index contributed by atoms with van der Waals surface area (Å²) in [5.74, 6) is 0.737. The van der Waals surface area contributed by atoms with Crippen molar-refractivity contribution in [1.82, 2.24) is 0 Å². The van der Waals surface area contributed by atoms with E-state index in [9.17, 15) is 0 Å². The van der Waals surface area contributed by atoms with Gasteiger partial charge >= 0.3 is 0 Å². The highest BCUT2D eigenvalue weighted by Crippen LogP contribution is 2.44. The van der Waals surface area contributed by atoms with E-state index in [0.29, 0.717) is 12.8 Å². The molecule has 0 atom stereocenters. The summed E-state index contributed by atoms with van der Waals surface area (Å²) in [5, 5.41) is 0. The highest BCUT2D eigenvalue weighted by Gasteiger charge is 2.36. The molecule has 0 unspecified atom stereocenters. The van der Waals surface area contributed by atoms with Gasteiger partial charge < -0.3 is 0 Å². The van der Waals surface area contributed by atoms with Crippen molar-refractivity contribution < 1.29 is 4.39 Å². The van der Waals surface area contributed by atoms with Crippen molar-refractivity contribution >= 4 is 0 Å². The van der Waals surface area contributed by atoms with Gasteiger partial charge in [-0.15, -0.1) is 0 Å². The van der Waals surface area contributed by atoms with E-state index < -0.39 is 5.67 Å². The predicted molar refractivity (Wildman–Crippen MR) is 115 cm³/mol. The Hall–Kier alpha value is -1.63. The summed E-state index contributed by atoms with van der Waals surface area (Å²) in [5.41, 5.74) is 3.54. The standard InChI is InChI=1S/C26H35F/c1-3-5-6-8-22-17-19-26(27,20-18-22)25-15-13-24(14-16-25)23-11-9-21(7-4-2)10-12-23/h9-16,22H,3-8,17-20H2,1-2H3. The average Bonchev–Trinajstić information content (AvgIpc) is 2.71. The number of hydrogen-bond donors (Lipinski definition) is 0. The zero-order valence-corrected chi connectivity index (χ0v) is 17.1. The molecular formula is C26H35F. The molecule has 0 aromatic heterocycles. The summed E-state index contributed by atoms with van der Waals surface area (Å²) in [6, 6.07) is 17.0. The van der Waals surface area contributed by atoms with Crippen LogP contribution in [0.3, 0.4) is 0 Å². The van der Waals surface area contributed by atoms with Crippen LogP contribution in [0, 0.1) is 5.92 Å². The topological polar surface area (TPSA) is 0 Å². The number of halogens is 1. The molecule has 0 aliphatic heterocycles. The summed E-state index contributed by atoms with van der Waals surface area (Å²) in [4.78, 5) is 0. The van der Waals surface area contributed by atoms with E-state index in [0.717, 1.165) is 30.7 Å². The number of hydrogen-bond acceptors (Lipinski definition) is 0. The second-order valence-electron chi connectivity index (χ2n) is 8.43. The molecule has 3 rings (SSSR count). The van der Waals surface area contributed by atoms with Gasteiger partial charge in [-0.25, -0.2) is 4.39 Å². The molecule has 1 aliphatic rings. The normalized spacial score (nSPS) is 22.7. The van der Waals surface area contributed by atoms with Gasteiger partial charge in [0.05, 0.1) is 0 Å². The van der Waals surface area contributed by atoms with Gasteiger partial charge in [-0.1, -0.05) is 94.5 Å². The molecule has 0 heterocycles. The Morgan fingerprint density at radius 2 is 1.41 bits per heavy atom. The third-order valence-corrected chi connectivity index (χ3v) is 6.34. The second-order valence-corrected chi connectivity index (χ2v) is 8.43. The summed E-state index contributed by atoms with van der Waals surface area (Å²) in [6.45, 7) is 4.45. The van der Waals surface area contributed by atoms with Crippen LogP contribution < -0.4 is 0 Å². The molecule has 0 spiro atoms. The van der Waals surface area contributed by atoms with Crippen LogP contribution in [-0.4, -0.2) is 0 Å². The van der Waals surface area contributed by atoms with Crippen molar-refractivity contribution in [2.45, 2.75) is 83.7 Å². The number of unbranched alkanes of at least 4 members (excludes halogenated alkanes) is 2. The van der Waals surface area contributed by atoms with Crippen molar-refractivity contribution in [2.24, 2.45) is 5.92 Å². The van der Waals surface area contributed by atoms with E-state index in [4.69, 9.17) is 0 Å². The van der Waals surface area contributed by atoms with E-state index in [1.165, 1.54) is 48.8 Å². The molecule has 2 aromatic carbocycles. The molecule has 146 valence electrons. The van der Waals surface area contributed by atoms with Crippen molar-refractivity contribution in [3.8, 4) is 11.1 Å². The molecule has 1 fully saturated rings. The minimum absolute atomic E-state index is 0.689. The maximum Gasteiger partial charge on any atom is 0.136 e. The van der Waals surface area contributed by atoms with Crippen LogP contribution in [0.1, 0.15) is 82.8 Å². The Bertz CT molecular complexity index is 675. The average molecular weight is 367 g/mol. The fourth-order valence-electron chi connectivity index (χ4n) is 4.51. The van der Waals surface area contributed by atoms with E-state index in [2.05, 4.69) is 50.2 Å². The maximum absolute atomic E-state index is 15.5. The van der Waals surface area contributed by atoms with Crippen molar-refractivity contribution in [1.29, 1.82) is 0 Å². The van der Waals surface area contributed by atoms with E-state index in [-0.39, 0.29) is 0 Å². The molecular weight excluding hydrogens is 331 g/mol. The van der Waals surface area contributed by atoms with Gasteiger partial charge in [0.15, 0.2) is 0 Å². The molecule has 2 aromatic rings. The van der Waals surface area contributed by atoms with E-state index in [1.807, 2.05) is 12.1 Å². The predicted octanol–water partition coefficient (Wildman–Crippen LogP) is 8.24. The number of alkyl halides is 1. The Labute approximate surface area is 165 Å². The van der Waals surface area contributed by atoms with E-state index >= 15 is 4.39 Å². The molecule has 0 nitrogen and oxygen atoms in total. The van der Waals surface area contributed by atoms with Crippen molar-refractivity contribution in [3.05, 3.63) is 59.7 Å². The fourth-order valence-corrected chi connectivity index (χ4v) is 4.51. The monoisotopic (exact) mass is 366 g/mol. The van der Waals surface area contributed by atoms with Crippen LogP contribution in [0.5, 0.6) is 0 Å². The molecule has 0 radical (unpaired) electrons. The lowest BCUT2D eigenvalue weighted by atomic mass is 9.75. The van der Waals surface area contributed by atoms with Crippen LogP contribution in [-0.2, 0) is 12.1 Å². The zero-order valence-electron chi connectivity index (χ0n) is 17.1. The molecule has 1 heteroatoms. The molecule has 0 bridgehead atoms. The SMILES string of the molecule is CCCCCC1CCC(F)(c2ccc(-c3ccc(CCC)cc3)cc2)CC1. The van der Waals surface area contributed by atoms with Crippen molar-refractivity contribution in [2.75, 3.05) is 0 Å². The summed E-state index contributed by atoms with van der Waals surface area (Å²) in [7, 11) is 0. The zero-order chi connectivity index (χ0) is 19.1. The molecule has 0 saturated heterocycles. The Morgan fingerprint density at radius 1 is 0.815 bits per heavy atom. The van der Waals surface area contributed by atoms with Gasteiger partial charge in [0.2, 0.25) is 0 Å². The quantitative estimate of drug-likeness (QED) is 0.413. The van der Waals surface area contributed by atoms with Gasteiger partial charge in [0.1, 0.15) is 5.67 Å². The Kier molecular flexibility index (Phi) is 7.10. The Balaban J connectivity index is 1.61. The Morgan fingerprint density at radius 3 is 1.96 bits per heavy atom. The van der Waals surface area contributed by atoms with Crippen LogP contribution in [0.25, 0.3) is 11.1 Å². The van der Waals surface area contributed by atoms with Gasteiger partial charge in [0.25, 0.3) is 0 Å². The highest BCUT2D eigenvalue weighted by molar-refractivity contribution is 5.64. The lowest BCUT2D eigenvalue weighted by molar-refractivity contribution is 0.0788. The van der Waals surface area contributed by atoms with Crippen LogP contribution in [0.15, 0.2) is 48.5 Å². The van der Waals surface area contributed by atoms with Crippen LogP contribution in [0.2, 0.25) is 0 Å². The van der Waals surface area contributed by atoms with Crippen LogP contribution in [0.4, 0.5) is 4.39 Å². The minimum Gasteiger partial charge on any atom is -0.239 e. The minimum atomic E-state index is -1.12. The fraction of sp³-hybridized carbons (Fsp3) is 0.538. The lowest BCUT2D eigenvalue weighted by Crippen LogP contribution is -2.27. The van der Waals surface area contributed by atoms with Gasteiger partial charge in [-0.2, -0.15) is 0 Å². The smallest absolute Gasteiger partial charge is 0.136 e.